The summed E-state index contributed by atoms with van der Waals surface area (Å²) < 4.78 is 5.54. The first-order valence-electron chi connectivity index (χ1n) is 7.81. The Morgan fingerprint density at radius 1 is 1.16 bits per heavy atom. The summed E-state index contributed by atoms with van der Waals surface area (Å²) in [7, 11) is 0. The van der Waals surface area contributed by atoms with E-state index in [9.17, 15) is 0 Å². The Hall–Kier alpha value is -0.900. The summed E-state index contributed by atoms with van der Waals surface area (Å²) in [5.41, 5.74) is 0. The second-order valence-corrected chi connectivity index (χ2v) is 6.51. The zero-order valence-corrected chi connectivity index (χ0v) is 12.1. The van der Waals surface area contributed by atoms with Gasteiger partial charge in [0.05, 0.1) is 6.04 Å². The lowest BCUT2D eigenvalue weighted by atomic mass is 9.82. The second-order valence-electron chi connectivity index (χ2n) is 6.51. The van der Waals surface area contributed by atoms with Crippen LogP contribution in [0, 0.1) is 11.8 Å². The molecule has 1 saturated carbocycles. The third kappa shape index (κ3) is 2.83. The molecule has 4 atom stereocenters. The molecule has 0 spiro atoms. The van der Waals surface area contributed by atoms with E-state index >= 15 is 0 Å². The van der Waals surface area contributed by atoms with E-state index in [0.717, 1.165) is 24.2 Å². The van der Waals surface area contributed by atoms with Crippen molar-refractivity contribution in [3.05, 3.63) is 11.7 Å². The molecule has 4 heteroatoms. The maximum Gasteiger partial charge on any atom is 0.244 e. The van der Waals surface area contributed by atoms with Crippen LogP contribution < -0.4 is 5.32 Å². The largest absolute Gasteiger partial charge is 0.338 e. The topological polar surface area (TPSA) is 51.0 Å². The minimum Gasteiger partial charge on any atom is -0.338 e. The van der Waals surface area contributed by atoms with Gasteiger partial charge in [-0.3, -0.25) is 0 Å². The van der Waals surface area contributed by atoms with Crippen LogP contribution in [0.4, 0.5) is 0 Å². The molecule has 1 aromatic heterocycles. The third-order valence-electron chi connectivity index (χ3n) is 4.79. The first kappa shape index (κ1) is 13.1. The highest BCUT2D eigenvalue weighted by Crippen LogP contribution is 2.35. The molecule has 1 saturated heterocycles. The average molecular weight is 263 g/mol. The summed E-state index contributed by atoms with van der Waals surface area (Å²) in [5, 5.41) is 7.77. The zero-order chi connectivity index (χ0) is 13.2. The summed E-state index contributed by atoms with van der Waals surface area (Å²) in [4.78, 5) is 4.70. The van der Waals surface area contributed by atoms with Gasteiger partial charge in [-0.15, -0.1) is 0 Å². The molecule has 1 N–H and O–H groups in total. The summed E-state index contributed by atoms with van der Waals surface area (Å²) >= 11 is 0. The van der Waals surface area contributed by atoms with Gasteiger partial charge in [0, 0.05) is 5.92 Å². The number of hydrogen-bond acceptors (Lipinski definition) is 4. The predicted octanol–water partition coefficient (Wildman–Crippen LogP) is 3.42. The summed E-state index contributed by atoms with van der Waals surface area (Å²) in [6.45, 7) is 5.66. The molecule has 0 bridgehead atoms. The van der Waals surface area contributed by atoms with Crippen molar-refractivity contribution < 1.29 is 4.52 Å². The van der Waals surface area contributed by atoms with Gasteiger partial charge in [0.2, 0.25) is 5.89 Å². The van der Waals surface area contributed by atoms with E-state index in [1.807, 2.05) is 0 Å². The number of piperidine rings is 1. The molecule has 2 heterocycles. The van der Waals surface area contributed by atoms with Crippen LogP contribution in [0.15, 0.2) is 4.52 Å². The fourth-order valence-electron chi connectivity index (χ4n) is 3.59. The zero-order valence-electron chi connectivity index (χ0n) is 12.1. The van der Waals surface area contributed by atoms with Gasteiger partial charge in [0.15, 0.2) is 5.82 Å². The van der Waals surface area contributed by atoms with Crippen LogP contribution in [0.1, 0.15) is 76.0 Å². The van der Waals surface area contributed by atoms with Gasteiger partial charge in [0.1, 0.15) is 0 Å². The third-order valence-corrected chi connectivity index (χ3v) is 4.79. The van der Waals surface area contributed by atoms with Crippen LogP contribution in [0.2, 0.25) is 0 Å². The van der Waals surface area contributed by atoms with Crippen molar-refractivity contribution in [1.82, 2.24) is 15.5 Å². The van der Waals surface area contributed by atoms with E-state index in [1.54, 1.807) is 0 Å². The van der Waals surface area contributed by atoms with Crippen molar-refractivity contribution in [3.8, 4) is 0 Å². The Morgan fingerprint density at radius 2 is 2.05 bits per heavy atom. The Labute approximate surface area is 115 Å². The highest BCUT2D eigenvalue weighted by Gasteiger charge is 2.30. The van der Waals surface area contributed by atoms with E-state index in [4.69, 9.17) is 9.51 Å². The van der Waals surface area contributed by atoms with Crippen LogP contribution in [-0.2, 0) is 0 Å². The van der Waals surface area contributed by atoms with Crippen LogP contribution in [0.25, 0.3) is 0 Å². The molecule has 19 heavy (non-hydrogen) atoms. The van der Waals surface area contributed by atoms with Crippen molar-refractivity contribution in [3.63, 3.8) is 0 Å². The molecule has 2 fully saturated rings. The lowest BCUT2D eigenvalue weighted by Gasteiger charge is -2.27. The summed E-state index contributed by atoms with van der Waals surface area (Å²) in [6.07, 6.45) is 7.58. The Bertz CT molecular complexity index is 417. The van der Waals surface area contributed by atoms with Crippen molar-refractivity contribution in [2.75, 3.05) is 6.54 Å². The number of hydrogen-bond donors (Lipinski definition) is 1. The van der Waals surface area contributed by atoms with Gasteiger partial charge < -0.3 is 9.84 Å². The van der Waals surface area contributed by atoms with Gasteiger partial charge in [0.25, 0.3) is 0 Å². The highest BCUT2D eigenvalue weighted by atomic mass is 16.5. The molecule has 1 aliphatic heterocycles. The van der Waals surface area contributed by atoms with Crippen molar-refractivity contribution in [1.29, 1.82) is 0 Å². The van der Waals surface area contributed by atoms with E-state index in [1.165, 1.54) is 38.5 Å². The van der Waals surface area contributed by atoms with E-state index in [0.29, 0.717) is 11.8 Å². The standard InChI is InChI=1S/C15H25N3O/c1-10-5-3-7-12(9-10)14-17-15(19-18-14)13-11(2)6-4-8-16-13/h10-13,16H,3-9H2,1-2H3. The van der Waals surface area contributed by atoms with Gasteiger partial charge in [-0.1, -0.05) is 31.8 Å². The van der Waals surface area contributed by atoms with E-state index in [-0.39, 0.29) is 6.04 Å². The first-order chi connectivity index (χ1) is 9.24. The molecule has 0 amide bonds. The Morgan fingerprint density at radius 3 is 2.84 bits per heavy atom. The molecule has 0 radical (unpaired) electrons. The fraction of sp³-hybridized carbons (Fsp3) is 0.867. The average Bonchev–Trinajstić information content (AvgIpc) is 2.89. The molecule has 1 aliphatic carbocycles. The van der Waals surface area contributed by atoms with E-state index < -0.39 is 0 Å². The molecule has 1 aromatic rings. The van der Waals surface area contributed by atoms with Crippen molar-refractivity contribution >= 4 is 0 Å². The molecular weight excluding hydrogens is 238 g/mol. The van der Waals surface area contributed by atoms with Gasteiger partial charge in [-0.05, 0) is 44.1 Å². The quantitative estimate of drug-likeness (QED) is 0.888. The smallest absolute Gasteiger partial charge is 0.244 e. The monoisotopic (exact) mass is 263 g/mol. The highest BCUT2D eigenvalue weighted by molar-refractivity contribution is 5.02. The number of nitrogens with one attached hydrogen (secondary N) is 1. The molecule has 4 nitrogen and oxygen atoms in total. The fourth-order valence-corrected chi connectivity index (χ4v) is 3.59. The predicted molar refractivity (Wildman–Crippen MR) is 73.8 cm³/mol. The van der Waals surface area contributed by atoms with Crippen molar-refractivity contribution in [2.24, 2.45) is 11.8 Å². The van der Waals surface area contributed by atoms with Gasteiger partial charge in [-0.2, -0.15) is 4.98 Å². The molecule has 4 unspecified atom stereocenters. The van der Waals surface area contributed by atoms with Crippen LogP contribution >= 0.6 is 0 Å². The SMILES string of the molecule is CC1CCCC(c2noc(C3NCCCC3C)n2)C1. The lowest BCUT2D eigenvalue weighted by Crippen LogP contribution is -2.33. The summed E-state index contributed by atoms with van der Waals surface area (Å²) in [5.74, 6) is 3.65. The molecule has 106 valence electrons. The normalized spacial score (nSPS) is 36.3. The van der Waals surface area contributed by atoms with E-state index in [2.05, 4.69) is 24.3 Å². The maximum absolute atomic E-state index is 5.54. The number of nitrogens with zero attached hydrogens (tertiary/aromatic N) is 2. The molecule has 0 aromatic carbocycles. The van der Waals surface area contributed by atoms with Crippen molar-refractivity contribution in [2.45, 2.75) is 64.3 Å². The minimum atomic E-state index is 0.260. The van der Waals surface area contributed by atoms with Crippen LogP contribution in [0.5, 0.6) is 0 Å². The Balaban J connectivity index is 1.71. The molecular formula is C15H25N3O. The number of aromatic nitrogens is 2. The second kappa shape index (κ2) is 5.61. The maximum atomic E-state index is 5.54. The number of rotatable bonds is 2. The van der Waals surface area contributed by atoms with Gasteiger partial charge in [-0.25, -0.2) is 0 Å². The first-order valence-corrected chi connectivity index (χ1v) is 7.81. The molecule has 3 rings (SSSR count). The minimum absolute atomic E-state index is 0.260. The molecule has 2 aliphatic rings. The summed E-state index contributed by atoms with van der Waals surface area (Å²) in [6, 6.07) is 0.260. The van der Waals surface area contributed by atoms with Crippen LogP contribution in [0.3, 0.4) is 0 Å². The lowest BCUT2D eigenvalue weighted by molar-refractivity contribution is 0.238. The van der Waals surface area contributed by atoms with Gasteiger partial charge >= 0.3 is 0 Å². The van der Waals surface area contributed by atoms with Crippen LogP contribution in [-0.4, -0.2) is 16.7 Å². The Kier molecular flexibility index (Phi) is 3.87.